The predicted octanol–water partition coefficient (Wildman–Crippen LogP) is 2.54. The molecule has 0 saturated carbocycles. The number of nitrogens with zero attached hydrogens (tertiary/aromatic N) is 6. The summed E-state index contributed by atoms with van der Waals surface area (Å²) in [5, 5.41) is 31.5. The number of fused-ring (bicyclic) bond motifs is 1. The lowest BCUT2D eigenvalue weighted by atomic mass is 9.93. The molecule has 0 spiro atoms. The molecule has 12 nitrogen and oxygen atoms in total. The van der Waals surface area contributed by atoms with Crippen LogP contribution in [0.25, 0.3) is 0 Å². The van der Waals surface area contributed by atoms with Crippen LogP contribution in [0.15, 0.2) is 92.0 Å². The van der Waals surface area contributed by atoms with Gasteiger partial charge in [0.15, 0.2) is 17.6 Å². The van der Waals surface area contributed by atoms with E-state index >= 15 is 0 Å². The van der Waals surface area contributed by atoms with Gasteiger partial charge in [0.1, 0.15) is 42.5 Å². The first kappa shape index (κ1) is 30.3. The lowest BCUT2D eigenvalue weighted by Crippen LogP contribution is -2.37. The van der Waals surface area contributed by atoms with Crippen molar-refractivity contribution in [3.8, 4) is 11.5 Å². The molecule has 5 aromatic rings. The van der Waals surface area contributed by atoms with Gasteiger partial charge in [0.05, 0.1) is 13.1 Å². The summed E-state index contributed by atoms with van der Waals surface area (Å²) in [6, 6.07) is 17.6. The van der Waals surface area contributed by atoms with E-state index in [1.54, 1.807) is 24.3 Å². The molecule has 0 aliphatic carbocycles. The molecule has 3 N–H and O–H groups in total. The summed E-state index contributed by atoms with van der Waals surface area (Å²) in [6.45, 7) is 0.548. The first-order valence-electron chi connectivity index (χ1n) is 13.5. The minimum absolute atomic E-state index is 0.0556. The SMILES string of the molecule is O=C(NCCc1ccc2c(c1)OCO2)C(O)c1ccccc1.OC(Cn1cncn1)(Cn1cncn1)c1ccc(F)cc1F. The van der Waals surface area contributed by atoms with Gasteiger partial charge in [0.2, 0.25) is 6.79 Å². The zero-order valence-electron chi connectivity index (χ0n) is 23.3. The van der Waals surface area contributed by atoms with Crippen LogP contribution in [0, 0.1) is 11.6 Å². The van der Waals surface area contributed by atoms with E-state index in [1.807, 2.05) is 24.3 Å². The fraction of sp³-hybridized carbons (Fsp3) is 0.233. The first-order chi connectivity index (χ1) is 21.3. The quantitative estimate of drug-likeness (QED) is 0.218. The molecule has 1 aliphatic rings. The molecule has 1 atom stereocenters. The molecule has 0 bridgehead atoms. The van der Waals surface area contributed by atoms with E-state index in [-0.39, 0.29) is 25.4 Å². The molecule has 1 amide bonds. The summed E-state index contributed by atoms with van der Waals surface area (Å²) in [5.74, 6) is -0.486. The van der Waals surface area contributed by atoms with Gasteiger partial charge in [-0.2, -0.15) is 10.2 Å². The van der Waals surface area contributed by atoms with Crippen LogP contribution in [0.1, 0.15) is 22.8 Å². The third kappa shape index (κ3) is 7.59. The van der Waals surface area contributed by atoms with Crippen LogP contribution < -0.4 is 14.8 Å². The van der Waals surface area contributed by atoms with Gasteiger partial charge >= 0.3 is 0 Å². The largest absolute Gasteiger partial charge is 0.454 e. The van der Waals surface area contributed by atoms with Gasteiger partial charge in [-0.1, -0.05) is 42.5 Å². The second-order valence-electron chi connectivity index (χ2n) is 9.88. The Hall–Kier alpha value is -5.21. The Morgan fingerprint density at radius 3 is 2.25 bits per heavy atom. The van der Waals surface area contributed by atoms with E-state index in [1.165, 1.54) is 40.7 Å². The lowest BCUT2D eigenvalue weighted by molar-refractivity contribution is -0.129. The summed E-state index contributed by atoms with van der Waals surface area (Å²) in [7, 11) is 0. The van der Waals surface area contributed by atoms with Crippen molar-refractivity contribution in [2.24, 2.45) is 0 Å². The van der Waals surface area contributed by atoms with Crippen molar-refractivity contribution in [2.75, 3.05) is 13.3 Å². The van der Waals surface area contributed by atoms with Gasteiger partial charge in [-0.3, -0.25) is 4.79 Å². The van der Waals surface area contributed by atoms with E-state index in [0.29, 0.717) is 18.5 Å². The molecule has 1 unspecified atom stereocenters. The molecule has 228 valence electrons. The molecule has 3 heterocycles. The summed E-state index contributed by atoms with van der Waals surface area (Å²) in [6.07, 6.45) is 4.91. The normalized spacial score (nSPS) is 12.7. The van der Waals surface area contributed by atoms with Gasteiger partial charge in [-0.25, -0.2) is 28.1 Å². The third-order valence-electron chi connectivity index (χ3n) is 6.73. The molecule has 2 aromatic heterocycles. The van der Waals surface area contributed by atoms with Gasteiger partial charge in [0, 0.05) is 18.2 Å². The fourth-order valence-corrected chi connectivity index (χ4v) is 4.56. The molecule has 14 heteroatoms. The lowest BCUT2D eigenvalue weighted by Gasteiger charge is -2.28. The van der Waals surface area contributed by atoms with E-state index in [2.05, 4.69) is 25.5 Å². The molecule has 0 saturated heterocycles. The minimum atomic E-state index is -1.70. The zero-order chi connectivity index (χ0) is 30.9. The number of hydrogen-bond acceptors (Lipinski definition) is 9. The highest BCUT2D eigenvalue weighted by Crippen LogP contribution is 2.32. The van der Waals surface area contributed by atoms with Crippen molar-refractivity contribution in [1.82, 2.24) is 34.8 Å². The molecular formula is C30H29F2N7O5. The third-order valence-corrected chi connectivity index (χ3v) is 6.73. The van der Waals surface area contributed by atoms with Crippen molar-refractivity contribution in [3.63, 3.8) is 0 Å². The number of carbonyl (C=O) groups is 1. The number of rotatable bonds is 10. The van der Waals surface area contributed by atoms with E-state index < -0.39 is 29.2 Å². The number of ether oxygens (including phenoxy) is 2. The Kier molecular flexibility index (Phi) is 9.52. The average Bonchev–Trinajstić information content (AvgIpc) is 3.81. The summed E-state index contributed by atoms with van der Waals surface area (Å²) in [5.41, 5.74) is -0.124. The monoisotopic (exact) mass is 605 g/mol. The molecule has 3 aromatic carbocycles. The Labute approximate surface area is 250 Å². The Morgan fingerprint density at radius 2 is 1.61 bits per heavy atom. The van der Waals surface area contributed by atoms with Gasteiger partial charge in [-0.15, -0.1) is 0 Å². The number of nitrogens with one attached hydrogen (secondary N) is 1. The number of benzene rings is 3. The highest BCUT2D eigenvalue weighted by molar-refractivity contribution is 5.81. The summed E-state index contributed by atoms with van der Waals surface area (Å²) >= 11 is 0. The number of aromatic nitrogens is 6. The second-order valence-corrected chi connectivity index (χ2v) is 9.88. The molecule has 0 fully saturated rings. The summed E-state index contributed by atoms with van der Waals surface area (Å²) < 4.78 is 40.5. The number of carbonyl (C=O) groups excluding carboxylic acids is 1. The summed E-state index contributed by atoms with van der Waals surface area (Å²) in [4.78, 5) is 19.5. The van der Waals surface area contributed by atoms with Crippen LogP contribution in [-0.2, 0) is 29.9 Å². The minimum Gasteiger partial charge on any atom is -0.454 e. The standard InChI is InChI=1S/C17H17NO4.C13H12F2N6O/c19-16(13-4-2-1-3-5-13)17(20)18-9-8-12-6-7-14-15(10-12)22-11-21-14;14-10-1-2-11(12(15)3-10)13(22,4-20-8-16-6-18-20)5-21-9-17-7-19-21/h1-7,10,16,19H,8-9,11H2,(H,18,20);1-3,6-9,22H,4-5H2. The maximum atomic E-state index is 14.1. The van der Waals surface area contributed by atoms with Crippen LogP contribution in [0.3, 0.4) is 0 Å². The number of amides is 1. The van der Waals surface area contributed by atoms with Gasteiger partial charge < -0.3 is 25.0 Å². The van der Waals surface area contributed by atoms with Gasteiger partial charge in [0.25, 0.3) is 5.91 Å². The molecular weight excluding hydrogens is 576 g/mol. The van der Waals surface area contributed by atoms with Crippen molar-refractivity contribution in [1.29, 1.82) is 0 Å². The number of aliphatic hydroxyl groups excluding tert-OH is 1. The van der Waals surface area contributed by atoms with Crippen molar-refractivity contribution in [3.05, 3.63) is 120 Å². The van der Waals surface area contributed by atoms with Crippen LogP contribution >= 0.6 is 0 Å². The average molecular weight is 606 g/mol. The smallest absolute Gasteiger partial charge is 0.253 e. The van der Waals surface area contributed by atoms with Crippen LogP contribution in [-0.4, -0.2) is 59.0 Å². The number of halogens is 2. The number of hydrogen-bond donors (Lipinski definition) is 3. The highest BCUT2D eigenvalue weighted by atomic mass is 19.1. The topological polar surface area (TPSA) is 149 Å². The predicted molar refractivity (Wildman–Crippen MR) is 151 cm³/mol. The molecule has 44 heavy (non-hydrogen) atoms. The molecule has 0 radical (unpaired) electrons. The maximum absolute atomic E-state index is 14.1. The maximum Gasteiger partial charge on any atom is 0.253 e. The Bertz CT molecular complexity index is 1620. The zero-order valence-corrected chi connectivity index (χ0v) is 23.3. The van der Waals surface area contributed by atoms with Crippen molar-refractivity contribution in [2.45, 2.75) is 31.2 Å². The van der Waals surface area contributed by atoms with Crippen LogP contribution in [0.4, 0.5) is 8.78 Å². The highest BCUT2D eigenvalue weighted by Gasteiger charge is 2.34. The van der Waals surface area contributed by atoms with E-state index in [0.717, 1.165) is 29.2 Å². The second kappa shape index (κ2) is 13.8. The molecule has 6 rings (SSSR count). The van der Waals surface area contributed by atoms with E-state index in [4.69, 9.17) is 9.47 Å². The Morgan fingerprint density at radius 1 is 0.932 bits per heavy atom. The van der Waals surface area contributed by atoms with Crippen LogP contribution in [0.2, 0.25) is 0 Å². The fourth-order valence-electron chi connectivity index (χ4n) is 4.56. The van der Waals surface area contributed by atoms with Gasteiger partial charge in [-0.05, 0) is 35.7 Å². The molecule has 1 aliphatic heterocycles. The van der Waals surface area contributed by atoms with Crippen molar-refractivity contribution >= 4 is 5.91 Å². The first-order valence-corrected chi connectivity index (χ1v) is 13.5. The van der Waals surface area contributed by atoms with Crippen molar-refractivity contribution < 1.29 is 33.3 Å². The number of aliphatic hydroxyl groups is 2. The Balaban J connectivity index is 0.000000175. The van der Waals surface area contributed by atoms with E-state index in [9.17, 15) is 23.8 Å². The van der Waals surface area contributed by atoms with Crippen LogP contribution in [0.5, 0.6) is 11.5 Å².